The van der Waals surface area contributed by atoms with Crippen molar-refractivity contribution in [3.8, 4) is 0 Å². The molecule has 0 spiro atoms. The molecule has 1 saturated carbocycles. The highest BCUT2D eigenvalue weighted by atomic mass is 16.6. The van der Waals surface area contributed by atoms with Gasteiger partial charge in [0.15, 0.2) is 0 Å². The lowest BCUT2D eigenvalue weighted by atomic mass is 9.71. The summed E-state index contributed by atoms with van der Waals surface area (Å²) in [6.07, 6.45) is 4.96. The highest BCUT2D eigenvalue weighted by Gasteiger charge is 2.32. The average Bonchev–Trinajstić information content (AvgIpc) is 2.08. The van der Waals surface area contributed by atoms with Crippen molar-refractivity contribution < 1.29 is 9.53 Å². The van der Waals surface area contributed by atoms with Gasteiger partial charge in [-0.25, -0.2) is 0 Å². The molecule has 94 valence electrons. The normalized spacial score (nSPS) is 31.2. The van der Waals surface area contributed by atoms with Crippen molar-refractivity contribution >= 4 is 5.97 Å². The smallest absolute Gasteiger partial charge is 0.303 e. The number of carbonyl (C=O) groups excluding carboxylic acids is 1. The van der Waals surface area contributed by atoms with Crippen LogP contribution in [0.4, 0.5) is 0 Å². The van der Waals surface area contributed by atoms with E-state index in [1.165, 1.54) is 26.2 Å². The number of ether oxygens (including phenoxy) is 1. The monoisotopic (exact) mass is 226 g/mol. The van der Waals surface area contributed by atoms with E-state index < -0.39 is 0 Å². The van der Waals surface area contributed by atoms with Gasteiger partial charge in [-0.05, 0) is 44.4 Å². The van der Waals surface area contributed by atoms with Gasteiger partial charge in [0.05, 0.1) is 0 Å². The second kappa shape index (κ2) is 5.20. The largest absolute Gasteiger partial charge is 0.460 e. The summed E-state index contributed by atoms with van der Waals surface area (Å²) in [5.74, 6) is 2.14. The molecule has 1 rings (SSSR count). The van der Waals surface area contributed by atoms with E-state index in [4.69, 9.17) is 4.74 Å². The summed E-state index contributed by atoms with van der Waals surface area (Å²) < 4.78 is 5.39. The molecule has 0 aromatic carbocycles. The standard InChI is InChI=1S/C14H26O2/c1-10-6-7-11(2)13(8-10)9-14(4,5)16-12(3)15/h10-11,13H,6-9H2,1-5H3. The van der Waals surface area contributed by atoms with Crippen LogP contribution in [0, 0.1) is 17.8 Å². The summed E-state index contributed by atoms with van der Waals surface area (Å²) in [5, 5.41) is 0. The van der Waals surface area contributed by atoms with Crippen LogP contribution in [0.1, 0.15) is 60.3 Å². The van der Waals surface area contributed by atoms with Crippen LogP contribution in [0.15, 0.2) is 0 Å². The maximum absolute atomic E-state index is 11.0. The molecule has 0 saturated heterocycles. The van der Waals surface area contributed by atoms with Crippen LogP contribution in [-0.2, 0) is 9.53 Å². The molecule has 0 aromatic heterocycles. The van der Waals surface area contributed by atoms with Gasteiger partial charge in [0.1, 0.15) is 5.60 Å². The summed E-state index contributed by atoms with van der Waals surface area (Å²) in [5.41, 5.74) is -0.304. The van der Waals surface area contributed by atoms with E-state index in [9.17, 15) is 4.79 Å². The molecule has 0 amide bonds. The molecule has 1 fully saturated rings. The van der Waals surface area contributed by atoms with Crippen molar-refractivity contribution in [1.82, 2.24) is 0 Å². The Bertz CT molecular complexity index is 245. The molecule has 0 heterocycles. The molecule has 2 heteroatoms. The first-order chi connectivity index (χ1) is 7.30. The lowest BCUT2D eigenvalue weighted by Crippen LogP contribution is -2.34. The molecule has 0 aromatic rings. The summed E-state index contributed by atoms with van der Waals surface area (Å²) in [6.45, 7) is 10.2. The third-order valence-electron chi connectivity index (χ3n) is 3.80. The second-order valence-electron chi connectivity index (χ2n) is 6.21. The van der Waals surface area contributed by atoms with Crippen molar-refractivity contribution in [3.05, 3.63) is 0 Å². The Hall–Kier alpha value is -0.530. The van der Waals surface area contributed by atoms with Crippen LogP contribution >= 0.6 is 0 Å². The highest BCUT2D eigenvalue weighted by molar-refractivity contribution is 5.66. The summed E-state index contributed by atoms with van der Waals surface area (Å²) in [4.78, 5) is 11.0. The van der Waals surface area contributed by atoms with E-state index in [2.05, 4.69) is 13.8 Å². The second-order valence-corrected chi connectivity index (χ2v) is 6.21. The molecule has 0 bridgehead atoms. The highest BCUT2D eigenvalue weighted by Crippen LogP contribution is 2.38. The quantitative estimate of drug-likeness (QED) is 0.684. The van der Waals surface area contributed by atoms with Crippen LogP contribution in [-0.4, -0.2) is 11.6 Å². The molecule has 3 atom stereocenters. The van der Waals surface area contributed by atoms with Crippen molar-refractivity contribution in [2.75, 3.05) is 0 Å². The van der Waals surface area contributed by atoms with Gasteiger partial charge in [-0.1, -0.05) is 26.7 Å². The molecular weight excluding hydrogens is 200 g/mol. The van der Waals surface area contributed by atoms with Gasteiger partial charge in [-0.2, -0.15) is 0 Å². The Balaban J connectivity index is 2.53. The predicted octanol–water partition coefficient (Wildman–Crippen LogP) is 3.79. The van der Waals surface area contributed by atoms with Gasteiger partial charge in [0.25, 0.3) is 0 Å². The minimum atomic E-state index is -0.304. The first-order valence-electron chi connectivity index (χ1n) is 6.50. The zero-order chi connectivity index (χ0) is 12.3. The van der Waals surface area contributed by atoms with Crippen molar-refractivity contribution in [2.24, 2.45) is 17.8 Å². The van der Waals surface area contributed by atoms with E-state index in [0.29, 0.717) is 5.92 Å². The molecule has 16 heavy (non-hydrogen) atoms. The van der Waals surface area contributed by atoms with Crippen LogP contribution in [0.5, 0.6) is 0 Å². The molecule has 0 aliphatic heterocycles. The Kier molecular flexibility index (Phi) is 4.40. The Morgan fingerprint density at radius 3 is 2.50 bits per heavy atom. The maximum Gasteiger partial charge on any atom is 0.303 e. The van der Waals surface area contributed by atoms with Gasteiger partial charge in [0, 0.05) is 6.92 Å². The molecule has 1 aliphatic rings. The topological polar surface area (TPSA) is 26.3 Å². The Labute approximate surface area is 99.8 Å². The summed E-state index contributed by atoms with van der Waals surface area (Å²) in [7, 11) is 0. The Morgan fingerprint density at radius 2 is 1.94 bits per heavy atom. The van der Waals surface area contributed by atoms with E-state index >= 15 is 0 Å². The fourth-order valence-electron chi connectivity index (χ4n) is 3.00. The number of rotatable bonds is 3. The first kappa shape index (κ1) is 13.5. The summed E-state index contributed by atoms with van der Waals surface area (Å²) in [6, 6.07) is 0. The van der Waals surface area contributed by atoms with Gasteiger partial charge in [0.2, 0.25) is 0 Å². The van der Waals surface area contributed by atoms with Crippen molar-refractivity contribution in [1.29, 1.82) is 0 Å². The Morgan fingerprint density at radius 1 is 1.31 bits per heavy atom. The third-order valence-corrected chi connectivity index (χ3v) is 3.80. The van der Waals surface area contributed by atoms with Crippen molar-refractivity contribution in [3.63, 3.8) is 0 Å². The number of esters is 1. The van der Waals surface area contributed by atoms with E-state index in [1.54, 1.807) is 0 Å². The zero-order valence-corrected chi connectivity index (χ0v) is 11.4. The SMILES string of the molecule is CC(=O)OC(C)(C)CC1CC(C)CCC1C. The first-order valence-corrected chi connectivity index (χ1v) is 6.50. The van der Waals surface area contributed by atoms with E-state index in [-0.39, 0.29) is 11.6 Å². The van der Waals surface area contributed by atoms with Crippen LogP contribution in [0.2, 0.25) is 0 Å². The molecular formula is C14H26O2. The molecule has 2 nitrogen and oxygen atoms in total. The molecule has 3 unspecified atom stereocenters. The number of hydrogen-bond acceptors (Lipinski definition) is 2. The van der Waals surface area contributed by atoms with Crippen molar-refractivity contribution in [2.45, 2.75) is 65.9 Å². The third kappa shape index (κ3) is 4.15. The lowest BCUT2D eigenvalue weighted by Gasteiger charge is -2.37. The minimum absolute atomic E-state index is 0.165. The van der Waals surface area contributed by atoms with Gasteiger partial charge in [-0.3, -0.25) is 4.79 Å². The average molecular weight is 226 g/mol. The van der Waals surface area contributed by atoms with Crippen LogP contribution in [0.25, 0.3) is 0 Å². The maximum atomic E-state index is 11.0. The predicted molar refractivity (Wildman–Crippen MR) is 66.1 cm³/mol. The van der Waals surface area contributed by atoms with E-state index in [1.807, 2.05) is 13.8 Å². The van der Waals surface area contributed by atoms with Gasteiger partial charge < -0.3 is 4.74 Å². The number of carbonyl (C=O) groups is 1. The fourth-order valence-corrected chi connectivity index (χ4v) is 3.00. The molecule has 1 aliphatic carbocycles. The molecule has 0 radical (unpaired) electrons. The zero-order valence-electron chi connectivity index (χ0n) is 11.4. The van der Waals surface area contributed by atoms with Crippen LogP contribution < -0.4 is 0 Å². The van der Waals surface area contributed by atoms with Gasteiger partial charge >= 0.3 is 5.97 Å². The minimum Gasteiger partial charge on any atom is -0.460 e. The summed E-state index contributed by atoms with van der Waals surface area (Å²) >= 11 is 0. The molecule has 0 N–H and O–H groups in total. The lowest BCUT2D eigenvalue weighted by molar-refractivity contribution is -0.155. The number of hydrogen-bond donors (Lipinski definition) is 0. The van der Waals surface area contributed by atoms with Gasteiger partial charge in [-0.15, -0.1) is 0 Å². The fraction of sp³-hybridized carbons (Fsp3) is 0.929. The van der Waals surface area contributed by atoms with Crippen LogP contribution in [0.3, 0.4) is 0 Å². The van der Waals surface area contributed by atoms with E-state index in [0.717, 1.165) is 18.3 Å².